The van der Waals surface area contributed by atoms with Crippen LogP contribution < -0.4 is 11.1 Å². The lowest BCUT2D eigenvalue weighted by Gasteiger charge is -2.29. The topological polar surface area (TPSA) is 360 Å². The van der Waals surface area contributed by atoms with Crippen molar-refractivity contribution in [1.82, 2.24) is 24.7 Å². The maximum atomic E-state index is 13.9. The number of rotatable bonds is 26. The van der Waals surface area contributed by atoms with Crippen molar-refractivity contribution in [3.05, 3.63) is 233 Å². The van der Waals surface area contributed by atoms with Crippen LogP contribution in [0.4, 0.5) is 15.8 Å². The second-order valence-corrected chi connectivity index (χ2v) is 44.1. The lowest BCUT2D eigenvalue weighted by atomic mass is 9.89. The van der Waals surface area contributed by atoms with Crippen LogP contribution in [0.15, 0.2) is 146 Å². The number of benzene rings is 6. The van der Waals surface area contributed by atoms with Gasteiger partial charge in [0.25, 0.3) is 11.6 Å². The van der Waals surface area contributed by atoms with E-state index in [9.17, 15) is 66.5 Å². The second-order valence-electron chi connectivity index (χ2n) is 29.5. The van der Waals surface area contributed by atoms with Crippen molar-refractivity contribution in [3.63, 3.8) is 0 Å². The van der Waals surface area contributed by atoms with Crippen LogP contribution in [-0.2, 0) is 69.7 Å². The van der Waals surface area contributed by atoms with Gasteiger partial charge in [0.1, 0.15) is 12.2 Å². The molecule has 0 spiro atoms. The van der Waals surface area contributed by atoms with Gasteiger partial charge in [0.15, 0.2) is 34.5 Å². The van der Waals surface area contributed by atoms with Crippen molar-refractivity contribution >= 4 is 290 Å². The summed E-state index contributed by atoms with van der Waals surface area (Å²) in [5, 5.41) is 1.43. The van der Waals surface area contributed by atoms with E-state index in [1.165, 1.54) is 61.3 Å². The average molecular weight is 2610 g/mol. The number of ketones is 5. The van der Waals surface area contributed by atoms with Gasteiger partial charge in [-0.15, -0.1) is 0 Å². The Balaban J connectivity index is 0.000000326. The Bertz CT molecular complexity index is 5530. The molecule has 27 nitrogen and oxygen atoms in total. The number of pyridine rings is 2. The summed E-state index contributed by atoms with van der Waals surface area (Å²) in [7, 11) is 3.94. The number of hydrogen-bond donors (Lipinski definition) is 2. The van der Waals surface area contributed by atoms with E-state index in [-0.39, 0.29) is 59.7 Å². The zero-order valence-electron chi connectivity index (χ0n) is 74.6. The van der Waals surface area contributed by atoms with E-state index in [1.54, 1.807) is 85.1 Å². The highest BCUT2D eigenvalue weighted by molar-refractivity contribution is 14.1. The molecule has 718 valence electrons. The third-order valence-electron chi connectivity index (χ3n) is 19.6. The van der Waals surface area contributed by atoms with Crippen LogP contribution >= 0.6 is 186 Å². The number of nitrogens with one attached hydrogen (secondary N) is 1. The Hall–Kier alpha value is -6.82. The van der Waals surface area contributed by atoms with Crippen LogP contribution in [0, 0.1) is 27.2 Å². The summed E-state index contributed by atoms with van der Waals surface area (Å²) in [6.45, 7) is 27.6. The van der Waals surface area contributed by atoms with Crippen LogP contribution in [0.5, 0.6) is 0 Å². The minimum atomic E-state index is -3.22. The van der Waals surface area contributed by atoms with Gasteiger partial charge in [0, 0.05) is 131 Å². The van der Waals surface area contributed by atoms with Gasteiger partial charge in [-0.25, -0.2) is 28.4 Å². The van der Waals surface area contributed by atoms with E-state index in [4.69, 9.17) is 36.3 Å². The Morgan fingerprint density at radius 1 is 0.496 bits per heavy atom. The van der Waals surface area contributed by atoms with Gasteiger partial charge in [-0.05, 0) is 381 Å². The summed E-state index contributed by atoms with van der Waals surface area (Å²) in [6.07, 6.45) is 16.1. The molecule has 0 saturated carbocycles. The highest BCUT2D eigenvalue weighted by atomic mass is 127. The first-order chi connectivity index (χ1) is 62.2. The summed E-state index contributed by atoms with van der Waals surface area (Å²) < 4.78 is 62.1. The van der Waals surface area contributed by atoms with Gasteiger partial charge in [-0.2, -0.15) is 0 Å². The number of cyclic esters (lactones) is 4. The zero-order valence-corrected chi connectivity index (χ0v) is 91.5. The lowest BCUT2D eigenvalue weighted by molar-refractivity contribution is -0.231. The van der Waals surface area contributed by atoms with Gasteiger partial charge < -0.3 is 58.9 Å². The molecule has 2 aromatic heterocycles. The number of aromatic nitrogens is 2. The maximum Gasteiger partial charge on any atom is 0.350 e. The molecular formula is C94H105Cl4FI6N7O20P. The highest BCUT2D eigenvalue weighted by Crippen LogP contribution is 2.61. The molecule has 12 rings (SSSR count). The molecule has 6 aromatic carbocycles. The molecular weight excluding hydrogens is 2500 g/mol. The molecule has 0 atom stereocenters. The smallest absolute Gasteiger partial charge is 0.350 e. The summed E-state index contributed by atoms with van der Waals surface area (Å²) >= 11 is 32.8. The number of hydrogen-bond acceptors (Lipinski definition) is 27. The Labute approximate surface area is 875 Å². The first-order valence-electron chi connectivity index (χ1n) is 41.2. The van der Waals surface area contributed by atoms with E-state index >= 15 is 0 Å². The third-order valence-corrected chi connectivity index (χ3v) is 23.7. The van der Waals surface area contributed by atoms with Crippen molar-refractivity contribution in [3.8, 4) is 0 Å². The monoisotopic (exact) mass is 2600 g/mol. The first-order valence-corrected chi connectivity index (χ1v) is 52.4. The van der Waals surface area contributed by atoms with Crippen LogP contribution in [0.3, 0.4) is 0 Å². The Morgan fingerprint density at radius 2 is 0.850 bits per heavy atom. The number of esters is 7. The van der Waals surface area contributed by atoms with E-state index in [1.807, 2.05) is 36.4 Å². The number of allylic oxidation sites excluding steroid dienone is 4. The van der Waals surface area contributed by atoms with Crippen LogP contribution in [-0.4, -0.2) is 187 Å². The predicted molar refractivity (Wildman–Crippen MR) is 568 cm³/mol. The van der Waals surface area contributed by atoms with Gasteiger partial charge >= 0.3 is 47.0 Å². The summed E-state index contributed by atoms with van der Waals surface area (Å²) in [5.74, 6) is -6.40. The number of anilines is 2. The third kappa shape index (κ3) is 39.2. The summed E-state index contributed by atoms with van der Waals surface area (Å²) in [5.41, 5.74) is 13.4. The Kier molecular flexibility index (Phi) is 51.8. The predicted octanol–water partition coefficient (Wildman–Crippen LogP) is 22.9. The fourth-order valence-corrected chi connectivity index (χ4v) is 16.8. The quantitative estimate of drug-likeness (QED) is 0.00585. The molecule has 39 heteroatoms. The summed E-state index contributed by atoms with van der Waals surface area (Å²) in [4.78, 5) is 156. The van der Waals surface area contributed by atoms with E-state index < -0.39 is 58.6 Å². The zero-order chi connectivity index (χ0) is 98.7. The molecule has 2 aliphatic carbocycles. The van der Waals surface area contributed by atoms with Crippen LogP contribution in [0.25, 0.3) is 21.8 Å². The fourth-order valence-electron chi connectivity index (χ4n) is 13.1. The number of carbonyl (C=O) groups excluding carboxylic acids is 12. The van der Waals surface area contributed by atoms with Crippen molar-refractivity contribution in [2.24, 2.45) is 0 Å². The molecule has 0 radical (unpaired) electrons. The standard InChI is InChI=1S/C18H22INO2.C17H20ClIN2O.C17H20FIN2O.C15H14INO6.C12H9IO3.C8H8INO2.C6H8O4.CH4.Cl3OP/c1-3-20(4-2)10-6-9-18(22)16-12-13(19)11-15-14(16)7-5-8-17(15)21;2*1-3-21(4-2)9-5-6-16(22)14-11-12(19)10-13-15(18)7-8-20-17(13)14;1-15(2)22-13(19)10(14(20)23-15)7-17-11-5-4-8(16)6-9(11)12(18)21-3;1-16-12(15)10-6-7(13)5-9-8(10)3-2-4-11(9)14;1-12-8(11)6-4-5(9)2-3-7(6)10;1-6(2)9-4(7)3-5(8)10-6;;1-5(2,3)4/h5,8,11-12H,3-4,6-7,9-10H2,1-2H3;2*7-8,10-11H,3-6,9H2,1-2H3;4-7,17H,1-3H3;2,4-6H,3H2,1H3;2-4H,10H2,1H3;3H2,1-2H3;1H4;. The van der Waals surface area contributed by atoms with Crippen molar-refractivity contribution in [2.75, 3.05) is 91.3 Å². The van der Waals surface area contributed by atoms with Crippen molar-refractivity contribution in [2.45, 2.75) is 146 Å². The molecule has 0 unspecified atom stereocenters. The van der Waals surface area contributed by atoms with E-state index in [0.717, 1.165) is 128 Å². The van der Waals surface area contributed by atoms with E-state index in [2.05, 4.69) is 255 Å². The number of methoxy groups -OCH3 is 3. The fraction of sp³-hybridized carbons (Fsp3) is 0.362. The number of carbonyl (C=O) groups is 12. The molecule has 0 bridgehead atoms. The minimum Gasteiger partial charge on any atom is -0.465 e. The summed E-state index contributed by atoms with van der Waals surface area (Å²) in [6, 6.07) is 28.1. The highest BCUT2D eigenvalue weighted by Gasteiger charge is 2.39. The number of nitrogens with zero attached hydrogens (tertiary/aromatic N) is 5. The number of nitrogens with two attached hydrogens (primary N) is 1. The average Bonchev–Trinajstić information content (AvgIpc) is 0.797. The molecule has 4 heterocycles. The molecule has 4 aliphatic rings. The number of Topliss-reactive ketones (excluding diaryl/α,β-unsaturated/α-hetero) is 3. The molecule has 8 aromatic rings. The minimum absolute atomic E-state index is 0. The first kappa shape index (κ1) is 118. The van der Waals surface area contributed by atoms with Gasteiger partial charge in [-0.3, -0.25) is 48.1 Å². The van der Waals surface area contributed by atoms with Gasteiger partial charge in [-0.1, -0.05) is 72.7 Å². The van der Waals surface area contributed by atoms with E-state index in [0.29, 0.717) is 98.3 Å². The van der Waals surface area contributed by atoms with Crippen molar-refractivity contribution < 1.29 is 99.6 Å². The maximum absolute atomic E-state index is 13.9. The number of nitrogen functional groups attached to an aromatic ring is 1. The van der Waals surface area contributed by atoms with Crippen LogP contribution in [0.2, 0.25) is 5.02 Å². The largest absolute Gasteiger partial charge is 0.465 e. The van der Waals surface area contributed by atoms with Crippen LogP contribution in [0.1, 0.15) is 216 Å². The number of fused-ring (bicyclic) bond motifs is 4. The second kappa shape index (κ2) is 58.2. The molecule has 0 amide bonds. The van der Waals surface area contributed by atoms with Gasteiger partial charge in [0.2, 0.25) is 0 Å². The normalized spacial score (nSPS) is 13.5. The Morgan fingerprint density at radius 3 is 1.29 bits per heavy atom. The van der Waals surface area contributed by atoms with Crippen molar-refractivity contribution in [1.29, 1.82) is 0 Å². The lowest BCUT2D eigenvalue weighted by Crippen LogP contribution is -2.42. The van der Waals surface area contributed by atoms with Gasteiger partial charge in [0.05, 0.1) is 59.8 Å². The molecule has 2 aliphatic heterocycles. The molecule has 2 fully saturated rings. The molecule has 3 N–H and O–H groups in total. The number of halogens is 11. The number of ether oxygens (including phenoxy) is 7. The SMILES string of the molecule is C.CC1(C)OC(=O)CC(=O)O1.CCN(CC)CCCC(=O)c1cc(I)cc2c(Cl)ccnc12.CCN(CC)CCCC(=O)c1cc(I)cc2c(F)ccnc12.CCN(CC)CCCC(=O)c1cc(I)cc2c1CC=CC2=O.COC(=O)c1cc(I)cc2c1CC=CC2=O.COC(=O)c1cc(I)ccc1N.COC(=O)c1cc(I)ccc1NC=C1C(=O)OC(C)(C)OC1=O.O=P(Cl)(Cl)Cl. The molecule has 2 saturated heterocycles. The molecule has 133 heavy (non-hydrogen) atoms.